The quantitative estimate of drug-likeness (QED) is 0.805. The predicted molar refractivity (Wildman–Crippen MR) is 66.2 cm³/mol. The minimum atomic E-state index is -0.220. The Bertz CT molecular complexity index is 368. The molecular weight excluding hydrogens is 216 g/mol. The zero-order valence-electron chi connectivity index (χ0n) is 10.0. The van der Waals surface area contributed by atoms with Crippen molar-refractivity contribution < 1.29 is 9.90 Å². The number of aldehydes is 1. The van der Waals surface area contributed by atoms with Crippen molar-refractivity contribution in [2.45, 2.75) is 25.9 Å². The van der Waals surface area contributed by atoms with E-state index in [1.165, 1.54) is 0 Å². The van der Waals surface area contributed by atoms with Crippen molar-refractivity contribution >= 4 is 12.1 Å². The van der Waals surface area contributed by atoms with Crippen molar-refractivity contribution in [3.05, 3.63) is 23.9 Å². The molecule has 1 aliphatic heterocycles. The van der Waals surface area contributed by atoms with Gasteiger partial charge in [-0.05, 0) is 37.8 Å². The van der Waals surface area contributed by atoms with Gasteiger partial charge in [0.1, 0.15) is 5.82 Å². The fraction of sp³-hybridized carbons (Fsp3) is 0.538. The van der Waals surface area contributed by atoms with E-state index in [-0.39, 0.29) is 6.10 Å². The topological polar surface area (TPSA) is 53.4 Å². The summed E-state index contributed by atoms with van der Waals surface area (Å²) >= 11 is 0. The Balaban J connectivity index is 1.97. The van der Waals surface area contributed by atoms with Crippen LogP contribution in [0.25, 0.3) is 0 Å². The van der Waals surface area contributed by atoms with Crippen LogP contribution in [0.3, 0.4) is 0 Å². The summed E-state index contributed by atoms with van der Waals surface area (Å²) in [6.07, 6.45) is 4.17. The molecular formula is C13H18N2O2. The normalized spacial score (nSPS) is 19.1. The van der Waals surface area contributed by atoms with E-state index in [1.807, 2.05) is 13.0 Å². The second-order valence-electron chi connectivity index (χ2n) is 4.63. The van der Waals surface area contributed by atoms with E-state index in [0.717, 1.165) is 38.0 Å². The lowest BCUT2D eigenvalue weighted by molar-refractivity contribution is 0.109. The maximum atomic E-state index is 10.5. The Hall–Kier alpha value is -1.42. The van der Waals surface area contributed by atoms with Gasteiger partial charge >= 0.3 is 0 Å². The molecule has 1 unspecified atom stereocenters. The summed E-state index contributed by atoms with van der Waals surface area (Å²) in [5, 5.41) is 9.53. The molecule has 1 saturated heterocycles. The van der Waals surface area contributed by atoms with Gasteiger partial charge in [-0.25, -0.2) is 4.98 Å². The molecule has 0 amide bonds. The molecule has 0 aromatic carbocycles. The fourth-order valence-corrected chi connectivity index (χ4v) is 2.27. The largest absolute Gasteiger partial charge is 0.393 e. The standard InChI is InChI=1S/C13H18N2O2/c1-10(17)12-4-6-15(7-5-12)13-3-2-11(9-16)8-14-13/h2-3,8-10,12,17H,4-7H2,1H3. The minimum Gasteiger partial charge on any atom is -0.393 e. The number of hydrogen-bond acceptors (Lipinski definition) is 4. The highest BCUT2D eigenvalue weighted by Crippen LogP contribution is 2.23. The van der Waals surface area contributed by atoms with Crippen LogP contribution in [0, 0.1) is 5.92 Å². The molecule has 92 valence electrons. The molecule has 0 radical (unpaired) electrons. The van der Waals surface area contributed by atoms with Crippen LogP contribution in [0.4, 0.5) is 5.82 Å². The number of pyridine rings is 1. The predicted octanol–water partition coefficient (Wildman–Crippen LogP) is 1.49. The van der Waals surface area contributed by atoms with Crippen molar-refractivity contribution in [1.82, 2.24) is 4.98 Å². The first-order valence-electron chi connectivity index (χ1n) is 6.05. The summed E-state index contributed by atoms with van der Waals surface area (Å²) in [5.74, 6) is 1.32. The summed E-state index contributed by atoms with van der Waals surface area (Å²) in [6.45, 7) is 3.70. The van der Waals surface area contributed by atoms with Crippen LogP contribution in [-0.2, 0) is 0 Å². The number of carbonyl (C=O) groups is 1. The Morgan fingerprint density at radius 2 is 2.18 bits per heavy atom. The minimum absolute atomic E-state index is 0.220. The van der Waals surface area contributed by atoms with E-state index in [4.69, 9.17) is 0 Å². The van der Waals surface area contributed by atoms with Gasteiger partial charge < -0.3 is 10.0 Å². The number of anilines is 1. The smallest absolute Gasteiger partial charge is 0.151 e. The van der Waals surface area contributed by atoms with Gasteiger partial charge in [-0.1, -0.05) is 0 Å². The summed E-state index contributed by atoms with van der Waals surface area (Å²) in [6, 6.07) is 3.67. The van der Waals surface area contributed by atoms with Crippen LogP contribution in [0.1, 0.15) is 30.1 Å². The third kappa shape index (κ3) is 2.82. The van der Waals surface area contributed by atoms with Crippen molar-refractivity contribution in [2.24, 2.45) is 5.92 Å². The third-order valence-electron chi connectivity index (χ3n) is 3.45. The molecule has 1 aliphatic rings. The van der Waals surface area contributed by atoms with Gasteiger partial charge in [-0.3, -0.25) is 4.79 Å². The fourth-order valence-electron chi connectivity index (χ4n) is 2.27. The maximum Gasteiger partial charge on any atom is 0.151 e. The van der Waals surface area contributed by atoms with Crippen LogP contribution in [0.15, 0.2) is 18.3 Å². The van der Waals surface area contributed by atoms with Crippen molar-refractivity contribution in [3.8, 4) is 0 Å². The zero-order valence-corrected chi connectivity index (χ0v) is 10.0. The lowest BCUT2D eigenvalue weighted by Gasteiger charge is -2.34. The number of rotatable bonds is 3. The molecule has 1 aromatic heterocycles. The first kappa shape index (κ1) is 12.0. The second-order valence-corrected chi connectivity index (χ2v) is 4.63. The Labute approximate surface area is 101 Å². The van der Waals surface area contributed by atoms with Crippen LogP contribution in [-0.4, -0.2) is 35.6 Å². The van der Waals surface area contributed by atoms with Gasteiger partial charge in [-0.15, -0.1) is 0 Å². The van der Waals surface area contributed by atoms with Gasteiger partial charge in [0, 0.05) is 24.8 Å². The van der Waals surface area contributed by atoms with E-state index in [0.29, 0.717) is 11.5 Å². The molecule has 0 aliphatic carbocycles. The molecule has 2 heterocycles. The number of carbonyl (C=O) groups excluding carboxylic acids is 1. The number of aliphatic hydroxyl groups excluding tert-OH is 1. The number of piperidine rings is 1. The zero-order chi connectivity index (χ0) is 12.3. The molecule has 4 heteroatoms. The first-order valence-corrected chi connectivity index (χ1v) is 6.05. The van der Waals surface area contributed by atoms with Crippen molar-refractivity contribution in [2.75, 3.05) is 18.0 Å². The van der Waals surface area contributed by atoms with E-state index in [2.05, 4.69) is 9.88 Å². The summed E-state index contributed by atoms with van der Waals surface area (Å²) in [4.78, 5) is 17.0. The second kappa shape index (κ2) is 5.27. The maximum absolute atomic E-state index is 10.5. The SMILES string of the molecule is CC(O)C1CCN(c2ccc(C=O)cn2)CC1. The summed E-state index contributed by atoms with van der Waals surface area (Å²) in [7, 11) is 0. The molecule has 1 aromatic rings. The molecule has 1 fully saturated rings. The Morgan fingerprint density at radius 1 is 1.47 bits per heavy atom. The van der Waals surface area contributed by atoms with Gasteiger partial charge in [0.05, 0.1) is 6.10 Å². The average molecular weight is 234 g/mol. The van der Waals surface area contributed by atoms with Gasteiger partial charge in [0.2, 0.25) is 0 Å². The summed E-state index contributed by atoms with van der Waals surface area (Å²) in [5.41, 5.74) is 0.604. The van der Waals surface area contributed by atoms with Crippen molar-refractivity contribution in [1.29, 1.82) is 0 Å². The Morgan fingerprint density at radius 3 is 2.65 bits per heavy atom. The Kier molecular flexibility index (Phi) is 3.74. The van der Waals surface area contributed by atoms with Crippen LogP contribution < -0.4 is 4.90 Å². The molecule has 17 heavy (non-hydrogen) atoms. The molecule has 1 N–H and O–H groups in total. The summed E-state index contributed by atoms with van der Waals surface area (Å²) < 4.78 is 0. The van der Waals surface area contributed by atoms with Crippen LogP contribution >= 0.6 is 0 Å². The number of aromatic nitrogens is 1. The molecule has 1 atom stereocenters. The highest BCUT2D eigenvalue weighted by Gasteiger charge is 2.23. The molecule has 4 nitrogen and oxygen atoms in total. The lowest BCUT2D eigenvalue weighted by atomic mass is 9.92. The van der Waals surface area contributed by atoms with Gasteiger partial charge in [0.15, 0.2) is 6.29 Å². The van der Waals surface area contributed by atoms with Crippen molar-refractivity contribution in [3.63, 3.8) is 0 Å². The van der Waals surface area contributed by atoms with Gasteiger partial charge in [0.25, 0.3) is 0 Å². The highest BCUT2D eigenvalue weighted by molar-refractivity contribution is 5.74. The third-order valence-corrected chi connectivity index (χ3v) is 3.45. The first-order chi connectivity index (χ1) is 8.20. The van der Waals surface area contributed by atoms with Crippen LogP contribution in [0.2, 0.25) is 0 Å². The van der Waals surface area contributed by atoms with Crippen LogP contribution in [0.5, 0.6) is 0 Å². The van der Waals surface area contributed by atoms with Gasteiger partial charge in [-0.2, -0.15) is 0 Å². The number of hydrogen-bond donors (Lipinski definition) is 1. The van der Waals surface area contributed by atoms with E-state index < -0.39 is 0 Å². The monoisotopic (exact) mass is 234 g/mol. The average Bonchev–Trinajstić information content (AvgIpc) is 2.39. The molecule has 0 saturated carbocycles. The number of aliphatic hydroxyl groups is 1. The highest BCUT2D eigenvalue weighted by atomic mass is 16.3. The number of nitrogens with zero attached hydrogens (tertiary/aromatic N) is 2. The van der Waals surface area contributed by atoms with E-state index in [1.54, 1.807) is 12.3 Å². The van der Waals surface area contributed by atoms with E-state index in [9.17, 15) is 9.90 Å². The lowest BCUT2D eigenvalue weighted by Crippen LogP contribution is -2.37. The van der Waals surface area contributed by atoms with E-state index >= 15 is 0 Å². The molecule has 2 rings (SSSR count). The molecule has 0 spiro atoms. The molecule has 0 bridgehead atoms.